The number of halogens is 1. The maximum atomic E-state index is 4.48. The van der Waals surface area contributed by atoms with Crippen LogP contribution in [0.25, 0.3) is 5.69 Å². The molecule has 0 bridgehead atoms. The minimum absolute atomic E-state index is 0. The van der Waals surface area contributed by atoms with Crippen LogP contribution >= 0.6 is 24.0 Å². The van der Waals surface area contributed by atoms with Crippen LogP contribution in [-0.2, 0) is 19.4 Å². The van der Waals surface area contributed by atoms with E-state index in [-0.39, 0.29) is 24.0 Å². The highest BCUT2D eigenvalue weighted by molar-refractivity contribution is 14.0. The van der Waals surface area contributed by atoms with Gasteiger partial charge < -0.3 is 10.2 Å². The smallest absolute Gasteiger partial charge is 0.193 e. The molecule has 4 rings (SSSR count). The fourth-order valence-corrected chi connectivity index (χ4v) is 3.56. The zero-order chi connectivity index (χ0) is 18.5. The number of aromatic nitrogens is 2. The number of nitrogens with one attached hydrogen (secondary N) is 1. The first-order valence-corrected chi connectivity index (χ1v) is 9.45. The van der Waals surface area contributed by atoms with E-state index in [4.69, 9.17) is 0 Å². The summed E-state index contributed by atoms with van der Waals surface area (Å²) in [6.07, 6.45) is 5.79. The SMILES string of the molecule is CN=C(NCCc1ccc(-n2cccn2)cc1)N1CCc2ccccc2C1.I. The molecular weight excluding hydrogens is 461 g/mol. The zero-order valence-corrected chi connectivity index (χ0v) is 18.4. The van der Waals surface area contributed by atoms with E-state index in [1.165, 1.54) is 16.7 Å². The van der Waals surface area contributed by atoms with Crippen LogP contribution in [0.4, 0.5) is 0 Å². The molecule has 0 radical (unpaired) electrons. The third-order valence-corrected chi connectivity index (χ3v) is 5.04. The normalized spacial score (nSPS) is 13.6. The van der Waals surface area contributed by atoms with Crippen LogP contribution < -0.4 is 5.32 Å². The van der Waals surface area contributed by atoms with Crippen LogP contribution in [0, 0.1) is 0 Å². The average molecular weight is 487 g/mol. The van der Waals surface area contributed by atoms with Crippen molar-refractivity contribution in [2.75, 3.05) is 20.1 Å². The minimum atomic E-state index is 0. The molecule has 28 heavy (non-hydrogen) atoms. The Kier molecular flexibility index (Phi) is 7.08. The zero-order valence-electron chi connectivity index (χ0n) is 16.1. The van der Waals surface area contributed by atoms with Crippen molar-refractivity contribution >= 4 is 29.9 Å². The van der Waals surface area contributed by atoms with Crippen molar-refractivity contribution in [1.29, 1.82) is 0 Å². The van der Waals surface area contributed by atoms with E-state index in [2.05, 4.69) is 68.8 Å². The summed E-state index contributed by atoms with van der Waals surface area (Å²) in [5, 5.41) is 7.78. The van der Waals surface area contributed by atoms with Gasteiger partial charge >= 0.3 is 0 Å². The van der Waals surface area contributed by atoms with Crippen molar-refractivity contribution < 1.29 is 0 Å². The van der Waals surface area contributed by atoms with E-state index in [1.54, 1.807) is 6.20 Å². The van der Waals surface area contributed by atoms with E-state index in [0.717, 1.165) is 44.1 Å². The fraction of sp³-hybridized carbons (Fsp3) is 0.273. The molecule has 0 unspecified atom stereocenters. The Balaban J connectivity index is 0.00000225. The molecule has 2 aromatic carbocycles. The van der Waals surface area contributed by atoms with E-state index in [1.807, 2.05) is 24.0 Å². The Labute approximate surface area is 183 Å². The fourth-order valence-electron chi connectivity index (χ4n) is 3.56. The van der Waals surface area contributed by atoms with Crippen molar-refractivity contribution in [3.63, 3.8) is 0 Å². The van der Waals surface area contributed by atoms with Crippen LogP contribution in [0.3, 0.4) is 0 Å². The van der Waals surface area contributed by atoms with Gasteiger partial charge in [-0.25, -0.2) is 4.68 Å². The lowest BCUT2D eigenvalue weighted by molar-refractivity contribution is 0.379. The van der Waals surface area contributed by atoms with Crippen molar-refractivity contribution in [3.8, 4) is 5.69 Å². The quantitative estimate of drug-likeness (QED) is 0.347. The van der Waals surface area contributed by atoms with Gasteiger partial charge in [-0.2, -0.15) is 5.10 Å². The second-order valence-corrected chi connectivity index (χ2v) is 6.78. The topological polar surface area (TPSA) is 45.5 Å². The lowest BCUT2D eigenvalue weighted by atomic mass is 10.0. The van der Waals surface area contributed by atoms with Gasteiger partial charge in [0.25, 0.3) is 0 Å². The highest BCUT2D eigenvalue weighted by atomic mass is 127. The first kappa shape index (κ1) is 20.4. The van der Waals surface area contributed by atoms with Gasteiger partial charge in [-0.1, -0.05) is 36.4 Å². The minimum Gasteiger partial charge on any atom is -0.356 e. The summed E-state index contributed by atoms with van der Waals surface area (Å²) < 4.78 is 1.87. The van der Waals surface area contributed by atoms with E-state index >= 15 is 0 Å². The molecule has 0 saturated heterocycles. The summed E-state index contributed by atoms with van der Waals surface area (Å²) in [5.41, 5.74) is 5.25. The largest absolute Gasteiger partial charge is 0.356 e. The summed E-state index contributed by atoms with van der Waals surface area (Å²) in [5.74, 6) is 0.984. The molecule has 2 heterocycles. The highest BCUT2D eigenvalue weighted by Gasteiger charge is 2.18. The van der Waals surface area contributed by atoms with Crippen molar-refractivity contribution in [1.82, 2.24) is 20.0 Å². The first-order valence-electron chi connectivity index (χ1n) is 9.45. The van der Waals surface area contributed by atoms with Gasteiger partial charge in [-0.3, -0.25) is 4.99 Å². The lowest BCUT2D eigenvalue weighted by Gasteiger charge is -2.31. The molecule has 1 N–H and O–H groups in total. The first-order chi connectivity index (χ1) is 13.3. The third-order valence-electron chi connectivity index (χ3n) is 5.04. The van der Waals surface area contributed by atoms with Gasteiger partial charge in [0.05, 0.1) is 5.69 Å². The van der Waals surface area contributed by atoms with Gasteiger partial charge in [-0.05, 0) is 47.7 Å². The van der Waals surface area contributed by atoms with Gasteiger partial charge in [0.1, 0.15) is 0 Å². The molecule has 5 nitrogen and oxygen atoms in total. The summed E-state index contributed by atoms with van der Waals surface area (Å²) in [6.45, 7) is 2.80. The van der Waals surface area contributed by atoms with Gasteiger partial charge in [0.15, 0.2) is 5.96 Å². The van der Waals surface area contributed by atoms with Crippen LogP contribution in [-0.4, -0.2) is 40.8 Å². The molecule has 3 aromatic rings. The maximum absolute atomic E-state index is 4.48. The van der Waals surface area contributed by atoms with Gasteiger partial charge in [0.2, 0.25) is 0 Å². The molecule has 1 aliphatic heterocycles. The van der Waals surface area contributed by atoms with Crippen LogP contribution in [0.5, 0.6) is 0 Å². The summed E-state index contributed by atoms with van der Waals surface area (Å²) >= 11 is 0. The Morgan fingerprint density at radius 1 is 1.07 bits per heavy atom. The standard InChI is InChI=1S/C22H25N5.HI/c1-23-22(26-16-12-19-5-2-3-6-20(19)17-26)24-14-11-18-7-9-21(10-8-18)27-15-4-13-25-27;/h2-10,13,15H,11-12,14,16-17H2,1H3,(H,23,24);1H. The third kappa shape index (κ3) is 4.73. The average Bonchev–Trinajstić information content (AvgIpc) is 3.26. The molecule has 1 aromatic heterocycles. The molecule has 6 heteroatoms. The van der Waals surface area contributed by atoms with Crippen LogP contribution in [0.2, 0.25) is 0 Å². The molecule has 0 atom stereocenters. The van der Waals surface area contributed by atoms with Crippen molar-refractivity contribution in [2.24, 2.45) is 4.99 Å². The predicted molar refractivity (Wildman–Crippen MR) is 125 cm³/mol. The molecular formula is C22H26IN5. The van der Waals surface area contributed by atoms with Crippen LogP contribution in [0.15, 0.2) is 72.0 Å². The second kappa shape index (κ2) is 9.73. The van der Waals surface area contributed by atoms with Crippen LogP contribution in [0.1, 0.15) is 16.7 Å². The summed E-state index contributed by atoms with van der Waals surface area (Å²) in [4.78, 5) is 6.82. The number of hydrogen-bond acceptors (Lipinski definition) is 2. The summed E-state index contributed by atoms with van der Waals surface area (Å²) in [7, 11) is 1.86. The lowest BCUT2D eigenvalue weighted by Crippen LogP contribution is -2.44. The second-order valence-electron chi connectivity index (χ2n) is 6.78. The molecule has 0 aliphatic carbocycles. The highest BCUT2D eigenvalue weighted by Crippen LogP contribution is 2.18. The van der Waals surface area contributed by atoms with E-state index < -0.39 is 0 Å². The molecule has 146 valence electrons. The predicted octanol–water partition coefficient (Wildman–Crippen LogP) is 3.67. The number of nitrogens with zero attached hydrogens (tertiary/aromatic N) is 4. The summed E-state index contributed by atoms with van der Waals surface area (Å²) in [6, 6.07) is 19.2. The molecule has 0 fully saturated rings. The van der Waals surface area contributed by atoms with Crippen molar-refractivity contribution in [3.05, 3.63) is 83.7 Å². The van der Waals surface area contributed by atoms with Crippen molar-refractivity contribution in [2.45, 2.75) is 19.4 Å². The molecule has 0 amide bonds. The number of benzene rings is 2. The monoisotopic (exact) mass is 487 g/mol. The molecule has 0 spiro atoms. The number of guanidine groups is 1. The Morgan fingerprint density at radius 2 is 1.86 bits per heavy atom. The Bertz CT molecular complexity index is 903. The Hall–Kier alpha value is -2.35. The number of fused-ring (bicyclic) bond motifs is 1. The van der Waals surface area contributed by atoms with E-state index in [9.17, 15) is 0 Å². The number of hydrogen-bond donors (Lipinski definition) is 1. The maximum Gasteiger partial charge on any atom is 0.193 e. The number of aliphatic imine (C=N–C) groups is 1. The Morgan fingerprint density at radius 3 is 2.57 bits per heavy atom. The van der Waals surface area contributed by atoms with Gasteiger partial charge in [0, 0.05) is 39.1 Å². The molecule has 0 saturated carbocycles. The number of rotatable bonds is 4. The van der Waals surface area contributed by atoms with E-state index in [0.29, 0.717) is 0 Å². The molecule has 1 aliphatic rings. The van der Waals surface area contributed by atoms with Gasteiger partial charge in [-0.15, -0.1) is 24.0 Å².